The SMILES string of the molecule is CCOC(=O)c1c2ccccc2n2cc(OCc3ccc(Cl)nc3)ccc12. The van der Waals surface area contributed by atoms with Gasteiger partial charge in [0.2, 0.25) is 0 Å². The van der Waals surface area contributed by atoms with Gasteiger partial charge in [-0.3, -0.25) is 0 Å². The molecule has 1 aromatic carbocycles. The highest BCUT2D eigenvalue weighted by Crippen LogP contribution is 2.29. The zero-order valence-corrected chi connectivity index (χ0v) is 15.4. The fourth-order valence-corrected chi connectivity index (χ4v) is 3.19. The van der Waals surface area contributed by atoms with Crippen molar-refractivity contribution in [1.82, 2.24) is 9.38 Å². The highest BCUT2D eigenvalue weighted by molar-refractivity contribution is 6.29. The highest BCUT2D eigenvalue weighted by Gasteiger charge is 2.19. The van der Waals surface area contributed by atoms with Gasteiger partial charge in [0, 0.05) is 17.1 Å². The van der Waals surface area contributed by atoms with Crippen molar-refractivity contribution in [3.05, 3.63) is 77.2 Å². The summed E-state index contributed by atoms with van der Waals surface area (Å²) in [6.45, 7) is 2.51. The molecule has 0 spiro atoms. The summed E-state index contributed by atoms with van der Waals surface area (Å²) in [7, 11) is 0. The second-order valence-corrected chi connectivity index (χ2v) is 6.40. The number of para-hydroxylation sites is 1. The third kappa shape index (κ3) is 3.34. The summed E-state index contributed by atoms with van der Waals surface area (Å²) in [5.41, 5.74) is 3.20. The van der Waals surface area contributed by atoms with Gasteiger partial charge in [-0.1, -0.05) is 35.9 Å². The van der Waals surface area contributed by atoms with Gasteiger partial charge in [0.1, 0.15) is 17.5 Å². The van der Waals surface area contributed by atoms with Crippen LogP contribution in [0.25, 0.3) is 16.4 Å². The molecule has 0 aliphatic carbocycles. The average molecular weight is 381 g/mol. The lowest BCUT2D eigenvalue weighted by Crippen LogP contribution is -2.04. The Kier molecular flexibility index (Phi) is 4.69. The summed E-state index contributed by atoms with van der Waals surface area (Å²) in [5.74, 6) is 0.366. The molecule has 4 rings (SSSR count). The molecule has 6 heteroatoms. The van der Waals surface area contributed by atoms with Crippen molar-refractivity contribution in [2.24, 2.45) is 0 Å². The van der Waals surface area contributed by atoms with Gasteiger partial charge in [-0.15, -0.1) is 0 Å². The molecule has 136 valence electrons. The number of carbonyl (C=O) groups excluding carboxylic acids is 1. The Morgan fingerprint density at radius 3 is 2.74 bits per heavy atom. The molecular weight excluding hydrogens is 364 g/mol. The third-order valence-electron chi connectivity index (χ3n) is 4.28. The molecule has 0 aliphatic heterocycles. The third-order valence-corrected chi connectivity index (χ3v) is 4.51. The minimum absolute atomic E-state index is 0.322. The van der Waals surface area contributed by atoms with Gasteiger partial charge < -0.3 is 13.9 Å². The van der Waals surface area contributed by atoms with Crippen molar-refractivity contribution in [2.45, 2.75) is 13.5 Å². The first kappa shape index (κ1) is 17.4. The van der Waals surface area contributed by atoms with Crippen LogP contribution in [0.1, 0.15) is 22.8 Å². The van der Waals surface area contributed by atoms with Gasteiger partial charge in [0.25, 0.3) is 0 Å². The fraction of sp³-hybridized carbons (Fsp3) is 0.143. The Morgan fingerprint density at radius 1 is 1.11 bits per heavy atom. The lowest BCUT2D eigenvalue weighted by molar-refractivity contribution is 0.0531. The van der Waals surface area contributed by atoms with Crippen LogP contribution >= 0.6 is 11.6 Å². The minimum atomic E-state index is -0.322. The molecule has 0 unspecified atom stereocenters. The number of benzene rings is 1. The van der Waals surface area contributed by atoms with Crippen molar-refractivity contribution in [2.75, 3.05) is 6.61 Å². The first-order valence-electron chi connectivity index (χ1n) is 8.60. The van der Waals surface area contributed by atoms with Crippen LogP contribution in [0, 0.1) is 0 Å². The number of ether oxygens (including phenoxy) is 2. The quantitative estimate of drug-likeness (QED) is 0.365. The number of hydrogen-bond donors (Lipinski definition) is 0. The number of esters is 1. The van der Waals surface area contributed by atoms with Gasteiger partial charge >= 0.3 is 5.97 Å². The first-order chi connectivity index (χ1) is 13.2. The summed E-state index contributed by atoms with van der Waals surface area (Å²) >= 11 is 5.81. The predicted molar refractivity (Wildman–Crippen MR) is 104 cm³/mol. The Balaban J connectivity index is 1.72. The molecular formula is C21H17ClN2O3. The van der Waals surface area contributed by atoms with Crippen molar-refractivity contribution in [3.63, 3.8) is 0 Å². The lowest BCUT2D eigenvalue weighted by Gasteiger charge is -2.08. The number of halogens is 1. The molecule has 27 heavy (non-hydrogen) atoms. The molecule has 5 nitrogen and oxygen atoms in total. The maximum absolute atomic E-state index is 12.5. The number of aromatic nitrogens is 2. The van der Waals surface area contributed by atoms with Crippen LogP contribution in [0.15, 0.2) is 60.9 Å². The molecule has 0 saturated carbocycles. The Morgan fingerprint density at radius 2 is 1.96 bits per heavy atom. The summed E-state index contributed by atoms with van der Waals surface area (Å²) in [4.78, 5) is 16.5. The molecule has 0 saturated heterocycles. The van der Waals surface area contributed by atoms with E-state index < -0.39 is 0 Å². The Hall–Kier alpha value is -3.05. The standard InChI is InChI=1S/C21H17ClN2O3/c1-2-26-21(25)20-16-5-3-4-6-17(16)24-12-15(8-9-18(20)24)27-13-14-7-10-19(22)23-11-14/h3-12H,2,13H2,1H3. The number of fused-ring (bicyclic) bond motifs is 3. The summed E-state index contributed by atoms with van der Waals surface area (Å²) in [5, 5.41) is 1.31. The summed E-state index contributed by atoms with van der Waals surface area (Å²) in [6, 6.07) is 15.1. The molecule has 0 radical (unpaired) electrons. The normalized spacial score (nSPS) is 11.0. The highest BCUT2D eigenvalue weighted by atomic mass is 35.5. The van der Waals surface area contributed by atoms with Crippen LogP contribution in [0.4, 0.5) is 0 Å². The number of nitrogens with zero attached hydrogens (tertiary/aromatic N) is 2. The molecule has 0 fully saturated rings. The van der Waals surface area contributed by atoms with E-state index in [1.54, 1.807) is 19.2 Å². The van der Waals surface area contributed by atoms with Crippen LogP contribution in [-0.2, 0) is 11.3 Å². The van der Waals surface area contributed by atoms with Crippen molar-refractivity contribution in [3.8, 4) is 5.75 Å². The van der Waals surface area contributed by atoms with Crippen molar-refractivity contribution < 1.29 is 14.3 Å². The molecule has 0 N–H and O–H groups in total. The van der Waals surface area contributed by atoms with Gasteiger partial charge in [-0.2, -0.15) is 0 Å². The van der Waals surface area contributed by atoms with Crippen LogP contribution in [0.5, 0.6) is 5.75 Å². The first-order valence-corrected chi connectivity index (χ1v) is 8.98. The molecule has 0 atom stereocenters. The zero-order valence-electron chi connectivity index (χ0n) is 14.7. The van der Waals surface area contributed by atoms with Gasteiger partial charge in [0.15, 0.2) is 0 Å². The van der Waals surface area contributed by atoms with E-state index in [0.29, 0.717) is 29.7 Å². The topological polar surface area (TPSA) is 52.8 Å². The number of hydrogen-bond acceptors (Lipinski definition) is 4. The Bertz CT molecular complexity index is 1120. The van der Waals surface area contributed by atoms with E-state index in [2.05, 4.69) is 4.98 Å². The van der Waals surface area contributed by atoms with Crippen LogP contribution < -0.4 is 4.74 Å². The van der Waals surface area contributed by atoms with E-state index >= 15 is 0 Å². The maximum Gasteiger partial charge on any atom is 0.340 e. The van der Waals surface area contributed by atoms with Gasteiger partial charge in [-0.05, 0) is 31.2 Å². The molecule has 3 heterocycles. The van der Waals surface area contributed by atoms with Crippen LogP contribution in [0.2, 0.25) is 5.15 Å². The second kappa shape index (κ2) is 7.29. The van der Waals surface area contributed by atoms with Crippen molar-refractivity contribution in [1.29, 1.82) is 0 Å². The maximum atomic E-state index is 12.5. The van der Waals surface area contributed by atoms with Crippen LogP contribution in [-0.4, -0.2) is 22.0 Å². The number of rotatable bonds is 5. The largest absolute Gasteiger partial charge is 0.487 e. The van der Waals surface area contributed by atoms with Crippen LogP contribution in [0.3, 0.4) is 0 Å². The second-order valence-electron chi connectivity index (χ2n) is 6.01. The minimum Gasteiger partial charge on any atom is -0.487 e. The fourth-order valence-electron chi connectivity index (χ4n) is 3.08. The van der Waals surface area contributed by atoms with Crippen molar-refractivity contribution >= 4 is 34.0 Å². The summed E-state index contributed by atoms with van der Waals surface area (Å²) in [6.07, 6.45) is 3.56. The summed E-state index contributed by atoms with van der Waals surface area (Å²) < 4.78 is 13.1. The lowest BCUT2D eigenvalue weighted by atomic mass is 10.1. The van der Waals surface area contributed by atoms with Gasteiger partial charge in [-0.25, -0.2) is 9.78 Å². The molecule has 4 aromatic rings. The average Bonchev–Trinajstić information content (AvgIpc) is 3.02. The molecule has 0 aliphatic rings. The molecule has 0 bridgehead atoms. The van der Waals surface area contributed by atoms with E-state index in [0.717, 1.165) is 22.0 Å². The molecule has 3 aromatic heterocycles. The van der Waals surface area contributed by atoms with E-state index in [9.17, 15) is 4.79 Å². The smallest absolute Gasteiger partial charge is 0.340 e. The predicted octanol–water partition coefficient (Wildman–Crippen LogP) is 4.90. The number of carbonyl (C=O) groups is 1. The zero-order chi connectivity index (χ0) is 18.8. The van der Waals surface area contributed by atoms with E-state index in [1.165, 1.54) is 0 Å². The van der Waals surface area contributed by atoms with E-state index in [4.69, 9.17) is 21.1 Å². The molecule has 0 amide bonds. The van der Waals surface area contributed by atoms with Gasteiger partial charge in [0.05, 0.1) is 29.4 Å². The van der Waals surface area contributed by atoms with E-state index in [1.807, 2.05) is 53.1 Å². The number of pyridine rings is 2. The van der Waals surface area contributed by atoms with E-state index in [-0.39, 0.29) is 5.97 Å². The Labute approximate surface area is 161 Å². The monoisotopic (exact) mass is 380 g/mol.